The number of nitrogens with zero attached hydrogens (tertiary/aromatic N) is 3. The first-order valence-corrected chi connectivity index (χ1v) is 5.78. The summed E-state index contributed by atoms with van der Waals surface area (Å²) in [6, 6.07) is 0. The number of carbonyl (C=O) groups is 1. The first kappa shape index (κ1) is 13.1. The molecule has 2 heterocycles. The van der Waals surface area contributed by atoms with Gasteiger partial charge in [0.25, 0.3) is 0 Å². The molecule has 2 aromatic rings. The molecule has 0 fully saturated rings. The minimum atomic E-state index is -0.529. The predicted octanol–water partition coefficient (Wildman–Crippen LogP) is 0.0808. The largest absolute Gasteiger partial charge is 0.370 e. The van der Waals surface area contributed by atoms with E-state index < -0.39 is 5.54 Å². The zero-order chi connectivity index (χ0) is 14.0. The van der Waals surface area contributed by atoms with E-state index >= 15 is 0 Å². The van der Waals surface area contributed by atoms with Crippen LogP contribution in [0.4, 0.5) is 11.6 Å². The maximum Gasteiger partial charge on any atom is 0.219 e. The van der Waals surface area contributed by atoms with Crippen molar-refractivity contribution in [3.8, 4) is 0 Å². The number of nitrogens with two attached hydrogens (primary N) is 2. The minimum Gasteiger partial charge on any atom is -0.370 e. The number of hydrogen-bond acceptors (Lipinski definition) is 6. The van der Waals surface area contributed by atoms with Crippen LogP contribution in [-0.2, 0) is 4.79 Å². The van der Waals surface area contributed by atoms with E-state index in [1.54, 1.807) is 23.0 Å². The van der Waals surface area contributed by atoms with Crippen LogP contribution in [0, 0.1) is 0 Å². The molecule has 0 atom stereocenters. The number of anilines is 2. The van der Waals surface area contributed by atoms with Gasteiger partial charge in [0.05, 0.1) is 6.20 Å². The van der Waals surface area contributed by atoms with Crippen molar-refractivity contribution < 1.29 is 4.79 Å². The van der Waals surface area contributed by atoms with Gasteiger partial charge >= 0.3 is 0 Å². The zero-order valence-electron chi connectivity index (χ0n) is 10.8. The van der Waals surface area contributed by atoms with Crippen molar-refractivity contribution in [3.05, 3.63) is 18.6 Å². The maximum atomic E-state index is 11.1. The Morgan fingerprint density at radius 3 is 2.89 bits per heavy atom. The van der Waals surface area contributed by atoms with Gasteiger partial charge in [-0.1, -0.05) is 0 Å². The molecule has 0 spiro atoms. The summed E-state index contributed by atoms with van der Waals surface area (Å²) in [4.78, 5) is 19.6. The van der Waals surface area contributed by atoms with E-state index in [1.165, 1.54) is 0 Å². The van der Waals surface area contributed by atoms with Gasteiger partial charge < -0.3 is 20.9 Å². The molecule has 0 saturated heterocycles. The summed E-state index contributed by atoms with van der Waals surface area (Å²) >= 11 is 0. The Kier molecular flexibility index (Phi) is 3.26. The summed E-state index contributed by atoms with van der Waals surface area (Å²) in [7, 11) is 0. The third-order valence-corrected chi connectivity index (χ3v) is 2.59. The van der Waals surface area contributed by atoms with Gasteiger partial charge in [-0.3, -0.25) is 4.79 Å². The summed E-state index contributed by atoms with van der Waals surface area (Å²) in [5.74, 6) is 6.01. The van der Waals surface area contributed by atoms with Crippen LogP contribution in [-0.4, -0.2) is 25.8 Å². The summed E-state index contributed by atoms with van der Waals surface area (Å²) < 4.78 is 1.78. The van der Waals surface area contributed by atoms with Crippen LogP contribution in [0.3, 0.4) is 0 Å². The molecule has 0 aromatic carbocycles. The van der Waals surface area contributed by atoms with Crippen LogP contribution in [0.5, 0.6) is 0 Å². The summed E-state index contributed by atoms with van der Waals surface area (Å²) in [5.41, 5.74) is 7.83. The molecule has 0 saturated carbocycles. The van der Waals surface area contributed by atoms with E-state index in [4.69, 9.17) is 11.6 Å². The summed E-state index contributed by atoms with van der Waals surface area (Å²) in [6.07, 6.45) is 5.34. The Morgan fingerprint density at radius 2 is 2.26 bits per heavy atom. The lowest BCUT2D eigenvalue weighted by atomic mass is 10.0. The predicted molar refractivity (Wildman–Crippen MR) is 72.3 cm³/mol. The highest BCUT2D eigenvalue weighted by Gasteiger charge is 2.22. The van der Waals surface area contributed by atoms with Crippen molar-refractivity contribution in [3.63, 3.8) is 0 Å². The van der Waals surface area contributed by atoms with Crippen molar-refractivity contribution in [1.82, 2.24) is 14.4 Å². The number of nitrogens with one attached hydrogen (secondary N) is 2. The Balaban J connectivity index is 2.38. The van der Waals surface area contributed by atoms with Gasteiger partial charge in [0.2, 0.25) is 5.91 Å². The molecular formula is C11H17N7O. The highest BCUT2D eigenvalue weighted by Crippen LogP contribution is 2.21. The van der Waals surface area contributed by atoms with E-state index in [0.717, 1.165) is 0 Å². The Hall–Kier alpha value is -2.35. The van der Waals surface area contributed by atoms with Gasteiger partial charge in [0.15, 0.2) is 17.3 Å². The Labute approximate surface area is 110 Å². The van der Waals surface area contributed by atoms with Crippen molar-refractivity contribution in [2.45, 2.75) is 25.8 Å². The number of hydrogen-bond donors (Lipinski definition) is 4. The number of amides is 1. The molecule has 1 amide bonds. The molecule has 19 heavy (non-hydrogen) atoms. The van der Waals surface area contributed by atoms with Crippen LogP contribution in [0.2, 0.25) is 0 Å². The number of carbonyl (C=O) groups excluding carboxylic acids is 1. The number of nitrogen functional groups attached to an aromatic ring is 1. The van der Waals surface area contributed by atoms with Gasteiger partial charge in [-0.2, -0.15) is 0 Å². The third-order valence-electron chi connectivity index (χ3n) is 2.59. The number of rotatable bonds is 5. The van der Waals surface area contributed by atoms with Crippen molar-refractivity contribution in [1.29, 1.82) is 0 Å². The molecule has 102 valence electrons. The molecule has 8 heteroatoms. The number of fused-ring (bicyclic) bond motifs is 1. The molecule has 2 rings (SSSR count). The Morgan fingerprint density at radius 1 is 1.53 bits per heavy atom. The van der Waals surface area contributed by atoms with E-state index in [-0.39, 0.29) is 12.3 Å². The molecule has 6 N–H and O–H groups in total. The summed E-state index contributed by atoms with van der Waals surface area (Å²) in [6.45, 7) is 3.73. The molecule has 0 aliphatic rings. The minimum absolute atomic E-state index is 0.182. The highest BCUT2D eigenvalue weighted by atomic mass is 16.1. The zero-order valence-corrected chi connectivity index (χ0v) is 10.8. The second-order valence-electron chi connectivity index (χ2n) is 4.93. The lowest BCUT2D eigenvalue weighted by Crippen LogP contribution is -2.36. The number of aromatic nitrogens is 3. The fourth-order valence-corrected chi connectivity index (χ4v) is 1.89. The number of primary amides is 1. The molecule has 2 aromatic heterocycles. The van der Waals surface area contributed by atoms with Gasteiger partial charge in [-0.15, -0.1) is 0 Å². The van der Waals surface area contributed by atoms with Crippen LogP contribution < -0.4 is 22.3 Å². The van der Waals surface area contributed by atoms with Crippen LogP contribution in [0.1, 0.15) is 20.3 Å². The summed E-state index contributed by atoms with van der Waals surface area (Å²) in [5, 5.41) is 3.16. The second-order valence-corrected chi connectivity index (χ2v) is 4.93. The molecule has 0 unspecified atom stereocenters. The first-order chi connectivity index (χ1) is 8.91. The van der Waals surface area contributed by atoms with E-state index in [1.807, 2.05) is 13.8 Å². The third kappa shape index (κ3) is 2.91. The van der Waals surface area contributed by atoms with Crippen molar-refractivity contribution in [2.24, 2.45) is 11.6 Å². The molecule has 0 radical (unpaired) electrons. The smallest absolute Gasteiger partial charge is 0.219 e. The number of hydrazine groups is 1. The quantitative estimate of drug-likeness (QED) is 0.447. The maximum absolute atomic E-state index is 11.1. The average Bonchev–Trinajstić information content (AvgIpc) is 2.74. The lowest BCUT2D eigenvalue weighted by Gasteiger charge is -2.25. The fourth-order valence-electron chi connectivity index (χ4n) is 1.89. The van der Waals surface area contributed by atoms with Gasteiger partial charge in [-0.05, 0) is 13.8 Å². The molecule has 8 nitrogen and oxygen atoms in total. The van der Waals surface area contributed by atoms with Crippen LogP contribution >= 0.6 is 0 Å². The van der Waals surface area contributed by atoms with E-state index in [9.17, 15) is 4.79 Å². The average molecular weight is 263 g/mol. The monoisotopic (exact) mass is 263 g/mol. The van der Waals surface area contributed by atoms with Crippen molar-refractivity contribution in [2.75, 3.05) is 10.7 Å². The fraction of sp³-hybridized carbons (Fsp3) is 0.364. The van der Waals surface area contributed by atoms with Crippen LogP contribution in [0.15, 0.2) is 18.6 Å². The van der Waals surface area contributed by atoms with E-state index in [0.29, 0.717) is 17.3 Å². The molecule has 0 aliphatic carbocycles. The first-order valence-electron chi connectivity index (χ1n) is 5.78. The van der Waals surface area contributed by atoms with Gasteiger partial charge in [0.1, 0.15) is 0 Å². The van der Waals surface area contributed by atoms with Crippen molar-refractivity contribution >= 4 is 23.2 Å². The molecule has 0 bridgehead atoms. The van der Waals surface area contributed by atoms with E-state index in [2.05, 4.69) is 20.7 Å². The number of imidazole rings is 1. The molecule has 0 aliphatic heterocycles. The SMILES string of the molecule is CC(C)(CC(N)=O)Nc1nc(NN)cn2ccnc12. The lowest BCUT2D eigenvalue weighted by molar-refractivity contribution is -0.118. The standard InChI is InChI=1S/C11H17N7O/c1-11(2,5-7(12)19)16-9-10-14-3-4-18(10)6-8(15-9)17-13/h3-4,6,17H,5,13H2,1-2H3,(H2,12,19)(H,15,16). The van der Waals surface area contributed by atoms with Gasteiger partial charge in [-0.25, -0.2) is 15.8 Å². The van der Waals surface area contributed by atoms with Crippen LogP contribution in [0.25, 0.3) is 5.65 Å². The Bertz CT molecular complexity index is 604. The normalized spacial score (nSPS) is 11.5. The van der Waals surface area contributed by atoms with Gasteiger partial charge in [0, 0.05) is 24.4 Å². The topological polar surface area (TPSA) is 123 Å². The molecular weight excluding hydrogens is 246 g/mol. The highest BCUT2D eigenvalue weighted by molar-refractivity contribution is 5.76. The second kappa shape index (κ2) is 4.73.